The average Bonchev–Trinajstić information content (AvgIpc) is 2.78. The van der Waals surface area contributed by atoms with Crippen molar-refractivity contribution in [2.75, 3.05) is 13.1 Å². The average molecular weight is 153 g/mol. The van der Waals surface area contributed by atoms with Crippen molar-refractivity contribution in [1.82, 2.24) is 4.90 Å². The fraction of sp³-hybridized carbons (Fsp3) is 1.00. The molecule has 11 heavy (non-hydrogen) atoms. The summed E-state index contributed by atoms with van der Waals surface area (Å²) in [5, 5.41) is 0. The van der Waals surface area contributed by atoms with E-state index >= 15 is 0 Å². The number of hydrogen-bond acceptors (Lipinski definition) is 1. The van der Waals surface area contributed by atoms with E-state index in [1.165, 1.54) is 45.2 Å². The van der Waals surface area contributed by atoms with Crippen molar-refractivity contribution in [2.24, 2.45) is 5.92 Å². The molecule has 0 aromatic rings. The van der Waals surface area contributed by atoms with Crippen LogP contribution in [-0.4, -0.2) is 24.0 Å². The fourth-order valence-corrected chi connectivity index (χ4v) is 2.06. The molecule has 1 unspecified atom stereocenters. The van der Waals surface area contributed by atoms with E-state index < -0.39 is 0 Å². The van der Waals surface area contributed by atoms with E-state index in [0.717, 1.165) is 12.0 Å². The summed E-state index contributed by atoms with van der Waals surface area (Å²) in [6.07, 6.45) is 7.35. The van der Waals surface area contributed by atoms with Crippen molar-refractivity contribution in [2.45, 2.75) is 45.1 Å². The van der Waals surface area contributed by atoms with Crippen molar-refractivity contribution in [3.63, 3.8) is 0 Å². The summed E-state index contributed by atoms with van der Waals surface area (Å²) in [6, 6.07) is 0.879. The van der Waals surface area contributed by atoms with Gasteiger partial charge in [-0.15, -0.1) is 0 Å². The van der Waals surface area contributed by atoms with Crippen LogP contribution < -0.4 is 0 Å². The molecule has 1 heteroatoms. The lowest BCUT2D eigenvalue weighted by Crippen LogP contribution is -2.38. The van der Waals surface area contributed by atoms with Gasteiger partial charge in [-0.25, -0.2) is 0 Å². The third-order valence-corrected chi connectivity index (χ3v) is 3.13. The Hall–Kier alpha value is -0.0400. The largest absolute Gasteiger partial charge is 0.300 e. The van der Waals surface area contributed by atoms with E-state index in [4.69, 9.17) is 0 Å². The van der Waals surface area contributed by atoms with Gasteiger partial charge >= 0.3 is 0 Å². The Morgan fingerprint density at radius 2 is 2.00 bits per heavy atom. The van der Waals surface area contributed by atoms with E-state index in [9.17, 15) is 0 Å². The molecule has 0 radical (unpaired) electrons. The van der Waals surface area contributed by atoms with Gasteiger partial charge < -0.3 is 4.90 Å². The molecule has 2 fully saturated rings. The second kappa shape index (κ2) is 3.14. The zero-order valence-electron chi connectivity index (χ0n) is 7.55. The van der Waals surface area contributed by atoms with Gasteiger partial charge in [0.1, 0.15) is 0 Å². The van der Waals surface area contributed by atoms with Crippen LogP contribution in [0.1, 0.15) is 39.0 Å². The molecule has 1 aliphatic heterocycles. The molecule has 1 saturated heterocycles. The van der Waals surface area contributed by atoms with Crippen molar-refractivity contribution >= 4 is 0 Å². The minimum Gasteiger partial charge on any atom is -0.300 e. The minimum absolute atomic E-state index is 0.879. The molecule has 1 atom stereocenters. The molecular formula is C10H19N. The Balaban J connectivity index is 1.78. The molecule has 1 nitrogen and oxygen atoms in total. The first-order valence-corrected chi connectivity index (χ1v) is 5.10. The summed E-state index contributed by atoms with van der Waals surface area (Å²) in [7, 11) is 0. The highest BCUT2D eigenvalue weighted by Gasteiger charge is 2.27. The van der Waals surface area contributed by atoms with Gasteiger partial charge in [-0.3, -0.25) is 0 Å². The molecule has 0 spiro atoms. The van der Waals surface area contributed by atoms with Gasteiger partial charge in [-0.2, -0.15) is 0 Å². The normalized spacial score (nSPS) is 34.1. The maximum atomic E-state index is 2.70. The molecule has 64 valence electrons. The fourth-order valence-electron chi connectivity index (χ4n) is 2.06. The number of piperidine rings is 1. The molecule has 2 aliphatic rings. The third kappa shape index (κ3) is 1.96. The predicted octanol–water partition coefficient (Wildman–Crippen LogP) is 2.27. The van der Waals surface area contributed by atoms with Crippen molar-refractivity contribution in [1.29, 1.82) is 0 Å². The highest BCUT2D eigenvalue weighted by atomic mass is 15.2. The molecule has 1 heterocycles. The van der Waals surface area contributed by atoms with Crippen LogP contribution in [0.2, 0.25) is 0 Å². The van der Waals surface area contributed by atoms with Gasteiger partial charge in [0.25, 0.3) is 0 Å². The monoisotopic (exact) mass is 153 g/mol. The number of nitrogens with zero attached hydrogens (tertiary/aromatic N) is 1. The van der Waals surface area contributed by atoms with Crippen LogP contribution >= 0.6 is 0 Å². The third-order valence-electron chi connectivity index (χ3n) is 3.13. The molecule has 2 rings (SSSR count). The van der Waals surface area contributed by atoms with Crippen LogP contribution in [0.15, 0.2) is 0 Å². The first kappa shape index (κ1) is 7.60. The van der Waals surface area contributed by atoms with Gasteiger partial charge in [0.2, 0.25) is 0 Å². The van der Waals surface area contributed by atoms with Crippen LogP contribution in [0.5, 0.6) is 0 Å². The lowest BCUT2D eigenvalue weighted by Gasteiger charge is -2.33. The lowest BCUT2D eigenvalue weighted by atomic mass is 10.0. The summed E-state index contributed by atoms with van der Waals surface area (Å²) >= 11 is 0. The number of hydrogen-bond donors (Lipinski definition) is 0. The lowest BCUT2D eigenvalue weighted by molar-refractivity contribution is 0.154. The second-order valence-electron chi connectivity index (χ2n) is 4.28. The Morgan fingerprint density at radius 1 is 1.18 bits per heavy atom. The molecule has 1 saturated carbocycles. The number of likely N-dealkylation sites (tertiary alicyclic amines) is 1. The molecular weight excluding hydrogens is 134 g/mol. The summed E-state index contributed by atoms with van der Waals surface area (Å²) in [6.45, 7) is 5.17. The van der Waals surface area contributed by atoms with Crippen LogP contribution in [0.25, 0.3) is 0 Å². The molecule has 0 bridgehead atoms. The van der Waals surface area contributed by atoms with Crippen molar-refractivity contribution < 1.29 is 0 Å². The molecule has 1 aliphatic carbocycles. The Labute approximate surface area is 69.8 Å². The van der Waals surface area contributed by atoms with Crippen LogP contribution in [0.3, 0.4) is 0 Å². The molecule has 0 aromatic carbocycles. The Kier molecular flexibility index (Phi) is 2.17. The Morgan fingerprint density at radius 3 is 2.64 bits per heavy atom. The van der Waals surface area contributed by atoms with Gasteiger partial charge in [-0.05, 0) is 45.1 Å². The standard InChI is InChI=1S/C10H19N/c1-9-4-2-3-7-11(9)8-10-5-6-10/h9-10H,2-8H2,1H3. The van der Waals surface area contributed by atoms with E-state index in [0.29, 0.717) is 0 Å². The van der Waals surface area contributed by atoms with E-state index in [1.54, 1.807) is 0 Å². The van der Waals surface area contributed by atoms with Crippen molar-refractivity contribution in [3.05, 3.63) is 0 Å². The minimum atomic E-state index is 0.879. The van der Waals surface area contributed by atoms with Crippen LogP contribution in [0.4, 0.5) is 0 Å². The van der Waals surface area contributed by atoms with Crippen LogP contribution in [0, 0.1) is 5.92 Å². The quantitative estimate of drug-likeness (QED) is 0.588. The van der Waals surface area contributed by atoms with Gasteiger partial charge in [0, 0.05) is 12.6 Å². The number of rotatable bonds is 2. The van der Waals surface area contributed by atoms with Gasteiger partial charge in [0.15, 0.2) is 0 Å². The zero-order chi connectivity index (χ0) is 7.68. The maximum Gasteiger partial charge on any atom is 0.00670 e. The Bertz CT molecular complexity index is 129. The summed E-state index contributed by atoms with van der Waals surface area (Å²) < 4.78 is 0. The molecule has 0 N–H and O–H groups in total. The topological polar surface area (TPSA) is 3.24 Å². The zero-order valence-corrected chi connectivity index (χ0v) is 7.55. The van der Waals surface area contributed by atoms with Crippen LogP contribution in [-0.2, 0) is 0 Å². The second-order valence-corrected chi connectivity index (χ2v) is 4.28. The first-order chi connectivity index (χ1) is 5.36. The smallest absolute Gasteiger partial charge is 0.00670 e. The van der Waals surface area contributed by atoms with E-state index in [1.807, 2.05) is 0 Å². The highest BCUT2D eigenvalue weighted by Crippen LogP contribution is 2.31. The molecule has 0 amide bonds. The summed E-state index contributed by atoms with van der Waals surface area (Å²) in [5.41, 5.74) is 0. The SMILES string of the molecule is CC1CCCCN1CC1CC1. The summed E-state index contributed by atoms with van der Waals surface area (Å²) in [4.78, 5) is 2.70. The predicted molar refractivity (Wildman–Crippen MR) is 47.6 cm³/mol. The van der Waals surface area contributed by atoms with E-state index in [-0.39, 0.29) is 0 Å². The molecule has 0 aromatic heterocycles. The highest BCUT2D eigenvalue weighted by molar-refractivity contribution is 4.81. The van der Waals surface area contributed by atoms with Crippen molar-refractivity contribution in [3.8, 4) is 0 Å². The van der Waals surface area contributed by atoms with E-state index in [2.05, 4.69) is 11.8 Å². The summed E-state index contributed by atoms with van der Waals surface area (Å²) in [5.74, 6) is 1.08. The van der Waals surface area contributed by atoms with Gasteiger partial charge in [0.05, 0.1) is 0 Å². The van der Waals surface area contributed by atoms with Gasteiger partial charge in [-0.1, -0.05) is 6.42 Å². The maximum absolute atomic E-state index is 2.70. The first-order valence-electron chi connectivity index (χ1n) is 5.10.